The van der Waals surface area contributed by atoms with Crippen LogP contribution in [0.2, 0.25) is 0 Å². The summed E-state index contributed by atoms with van der Waals surface area (Å²) in [4.78, 5) is 17.0. The second-order valence-electron chi connectivity index (χ2n) is 5.25. The molecule has 2 rings (SSSR count). The van der Waals surface area contributed by atoms with Crippen molar-refractivity contribution in [2.24, 2.45) is 10.3 Å². The van der Waals surface area contributed by atoms with Crippen LogP contribution < -0.4 is 51.4 Å². The standard InChI is InChI=1S/C17H17F3N5O2.C2H6.K/c1-11-5-4-6-13(16(21-2)25-26-3)14(11)10-27-24-8-12-7-23-15(9-22-12)17(18,19)20;1-2;/h4-9H,10H2,1-3H3;1-2H3;/q-1;;+1/b24-8+;;. The summed E-state index contributed by atoms with van der Waals surface area (Å²) in [6, 6.07) is 5.57. The number of nitrogens with zero attached hydrogens (tertiary/aromatic N) is 5. The van der Waals surface area contributed by atoms with E-state index in [2.05, 4.69) is 25.6 Å². The zero-order valence-electron chi connectivity index (χ0n) is 17.9. The fraction of sp³-hybridized carbons (Fsp3) is 0.368. The number of amidine groups is 1. The maximum Gasteiger partial charge on any atom is 1.00 e. The third-order valence-electron chi connectivity index (χ3n) is 3.47. The third-order valence-corrected chi connectivity index (χ3v) is 3.47. The van der Waals surface area contributed by atoms with Gasteiger partial charge in [-0.1, -0.05) is 44.2 Å². The van der Waals surface area contributed by atoms with Gasteiger partial charge in [0.2, 0.25) is 0 Å². The molecule has 0 unspecified atom stereocenters. The second kappa shape index (κ2) is 14.5. The minimum Gasteiger partial charge on any atom is -0.497 e. The van der Waals surface area contributed by atoms with E-state index in [0.717, 1.165) is 22.9 Å². The first-order valence-corrected chi connectivity index (χ1v) is 8.71. The van der Waals surface area contributed by atoms with E-state index in [1.54, 1.807) is 7.05 Å². The van der Waals surface area contributed by atoms with Gasteiger partial charge in [-0.2, -0.15) is 13.2 Å². The van der Waals surface area contributed by atoms with Crippen molar-refractivity contribution >= 4 is 12.1 Å². The molecule has 0 aliphatic carbocycles. The van der Waals surface area contributed by atoms with E-state index in [1.165, 1.54) is 13.3 Å². The molecular weight excluding hydrogens is 426 g/mol. The Balaban J connectivity index is 0.00000272. The van der Waals surface area contributed by atoms with Gasteiger partial charge >= 0.3 is 57.6 Å². The molecule has 30 heavy (non-hydrogen) atoms. The summed E-state index contributed by atoms with van der Waals surface area (Å²) in [7, 11) is 3.01. The molecule has 0 aliphatic rings. The van der Waals surface area contributed by atoms with E-state index < -0.39 is 11.9 Å². The van der Waals surface area contributed by atoms with Crippen LogP contribution in [0, 0.1) is 6.92 Å². The molecule has 1 aromatic carbocycles. The van der Waals surface area contributed by atoms with Crippen LogP contribution in [0.25, 0.3) is 5.32 Å². The number of alkyl halides is 3. The molecule has 1 heterocycles. The zero-order chi connectivity index (χ0) is 21.9. The summed E-state index contributed by atoms with van der Waals surface area (Å²) in [6.07, 6.45) is -1.75. The number of hydrogen-bond donors (Lipinski definition) is 0. The van der Waals surface area contributed by atoms with Crippen LogP contribution in [0.1, 0.15) is 41.9 Å². The van der Waals surface area contributed by atoms with Crippen molar-refractivity contribution in [3.8, 4) is 0 Å². The predicted octanol–water partition coefficient (Wildman–Crippen LogP) is 1.70. The van der Waals surface area contributed by atoms with Crippen LogP contribution in [0.15, 0.2) is 40.9 Å². The summed E-state index contributed by atoms with van der Waals surface area (Å²) in [6.45, 7) is 6.00. The van der Waals surface area contributed by atoms with Crippen molar-refractivity contribution in [2.75, 3.05) is 14.2 Å². The van der Waals surface area contributed by atoms with Crippen LogP contribution in [-0.2, 0) is 22.5 Å². The van der Waals surface area contributed by atoms with Gasteiger partial charge in [0.15, 0.2) is 5.69 Å². The van der Waals surface area contributed by atoms with Crippen LogP contribution in [-0.4, -0.2) is 36.2 Å². The molecule has 0 atom stereocenters. The van der Waals surface area contributed by atoms with Crippen molar-refractivity contribution in [1.82, 2.24) is 9.97 Å². The average Bonchev–Trinajstić information content (AvgIpc) is 2.71. The molecule has 0 amide bonds. The van der Waals surface area contributed by atoms with Gasteiger partial charge in [0.05, 0.1) is 25.7 Å². The molecule has 0 fully saturated rings. The molecule has 7 nitrogen and oxygen atoms in total. The average molecular weight is 450 g/mol. The van der Waals surface area contributed by atoms with Gasteiger partial charge in [-0.3, -0.25) is 10.1 Å². The van der Waals surface area contributed by atoms with E-state index >= 15 is 0 Å². The maximum atomic E-state index is 12.5. The summed E-state index contributed by atoms with van der Waals surface area (Å²) in [5, 5.41) is 11.7. The molecule has 0 spiro atoms. The quantitative estimate of drug-likeness (QED) is 0.291. The topological polar surface area (TPSA) is 83.1 Å². The summed E-state index contributed by atoms with van der Waals surface area (Å²) >= 11 is 0. The van der Waals surface area contributed by atoms with Gasteiger partial charge in [-0.25, -0.2) is 4.98 Å². The second-order valence-corrected chi connectivity index (χ2v) is 5.25. The SMILES string of the molecule is CC.C[N-]/C(=N/OC)c1cccc(C)c1CO/N=C/c1cnc(C(F)(F)F)cn1.[K+]. The first-order chi connectivity index (χ1) is 13.9. The third kappa shape index (κ3) is 8.68. The van der Waals surface area contributed by atoms with Crippen molar-refractivity contribution < 1.29 is 74.2 Å². The van der Waals surface area contributed by atoms with Crippen molar-refractivity contribution in [2.45, 2.75) is 33.6 Å². The zero-order valence-corrected chi connectivity index (χ0v) is 21.0. The Morgan fingerprint density at radius 1 is 1.20 bits per heavy atom. The molecule has 0 N–H and O–H groups in total. The first kappa shape index (κ1) is 28.5. The molecule has 158 valence electrons. The van der Waals surface area contributed by atoms with Gasteiger partial charge < -0.3 is 15.0 Å². The number of aromatic nitrogens is 2. The molecule has 0 radical (unpaired) electrons. The number of halogens is 3. The van der Waals surface area contributed by atoms with Crippen molar-refractivity contribution in [1.29, 1.82) is 0 Å². The van der Waals surface area contributed by atoms with E-state index in [0.29, 0.717) is 12.0 Å². The molecule has 1 aromatic heterocycles. The van der Waals surface area contributed by atoms with E-state index in [1.807, 2.05) is 39.0 Å². The summed E-state index contributed by atoms with van der Waals surface area (Å²) in [5.74, 6) is 0.400. The Kier molecular flexibility index (Phi) is 13.7. The Bertz CT molecular complexity index is 828. The number of aryl methyl sites for hydroxylation is 1. The molecular formula is C19H23F3KN5O2. The summed E-state index contributed by atoms with van der Waals surface area (Å²) in [5.41, 5.74) is 1.53. The van der Waals surface area contributed by atoms with E-state index in [9.17, 15) is 13.2 Å². The van der Waals surface area contributed by atoms with E-state index in [-0.39, 0.29) is 63.7 Å². The predicted molar refractivity (Wildman–Crippen MR) is 105 cm³/mol. The Labute approximate surface area is 216 Å². The number of rotatable bonds is 6. The summed E-state index contributed by atoms with van der Waals surface area (Å²) < 4.78 is 37.4. The van der Waals surface area contributed by atoms with Crippen LogP contribution in [0.3, 0.4) is 0 Å². The van der Waals surface area contributed by atoms with E-state index in [4.69, 9.17) is 9.68 Å². The van der Waals surface area contributed by atoms with Crippen LogP contribution in [0.5, 0.6) is 0 Å². The normalized spacial score (nSPS) is 11.3. The Morgan fingerprint density at radius 2 is 1.90 bits per heavy atom. The van der Waals surface area contributed by atoms with Gasteiger partial charge in [0.25, 0.3) is 0 Å². The first-order valence-electron chi connectivity index (χ1n) is 8.71. The fourth-order valence-electron chi connectivity index (χ4n) is 2.14. The molecule has 2 aromatic rings. The maximum absolute atomic E-state index is 12.5. The molecule has 0 saturated carbocycles. The van der Waals surface area contributed by atoms with Gasteiger partial charge in [0.1, 0.15) is 12.3 Å². The molecule has 0 bridgehead atoms. The number of hydrogen-bond acceptors (Lipinski definition) is 6. The number of oxime groups is 2. The Hall–Kier alpha value is -1.53. The molecule has 0 saturated heterocycles. The Morgan fingerprint density at radius 3 is 2.43 bits per heavy atom. The largest absolute Gasteiger partial charge is 1.00 e. The van der Waals surface area contributed by atoms with Crippen LogP contribution in [0.4, 0.5) is 13.2 Å². The number of benzene rings is 1. The molecule has 0 aliphatic heterocycles. The van der Waals surface area contributed by atoms with Gasteiger partial charge in [-0.05, 0) is 23.9 Å². The van der Waals surface area contributed by atoms with Crippen molar-refractivity contribution in [3.63, 3.8) is 0 Å². The minimum absolute atomic E-state index is 0. The minimum atomic E-state index is -4.54. The monoisotopic (exact) mass is 449 g/mol. The fourth-order valence-corrected chi connectivity index (χ4v) is 2.14. The molecule has 11 heteroatoms. The van der Waals surface area contributed by atoms with Crippen LogP contribution >= 0.6 is 0 Å². The van der Waals surface area contributed by atoms with Gasteiger partial charge in [0, 0.05) is 5.56 Å². The van der Waals surface area contributed by atoms with Gasteiger partial charge in [-0.15, -0.1) is 0 Å². The smallest absolute Gasteiger partial charge is 0.497 e. The van der Waals surface area contributed by atoms with Crippen molar-refractivity contribution in [3.05, 3.63) is 64.0 Å².